The van der Waals surface area contributed by atoms with Crippen molar-refractivity contribution < 1.29 is 19.1 Å². The zero-order chi connectivity index (χ0) is 23.4. The minimum absolute atomic E-state index is 0.0256. The second-order valence-electron chi connectivity index (χ2n) is 8.42. The average Bonchev–Trinajstić information content (AvgIpc) is 3.48. The van der Waals surface area contributed by atoms with Crippen molar-refractivity contribution in [3.8, 4) is 0 Å². The van der Waals surface area contributed by atoms with Crippen molar-refractivity contribution in [2.75, 3.05) is 0 Å². The van der Waals surface area contributed by atoms with Gasteiger partial charge >= 0.3 is 6.09 Å². The lowest BCUT2D eigenvalue weighted by atomic mass is 9.88. The highest BCUT2D eigenvalue weighted by atomic mass is 16.4. The number of hydrogen-bond donors (Lipinski definition) is 3. The molecule has 7 heteroatoms. The number of furan rings is 1. The van der Waals surface area contributed by atoms with Gasteiger partial charge in [-0.3, -0.25) is 9.69 Å². The van der Waals surface area contributed by atoms with Crippen LogP contribution in [0.15, 0.2) is 83.8 Å². The normalized spacial score (nSPS) is 13.9. The van der Waals surface area contributed by atoms with Crippen LogP contribution in [0.5, 0.6) is 0 Å². The molecule has 7 nitrogen and oxygen atoms in total. The molecule has 0 saturated carbocycles. The predicted octanol–water partition coefficient (Wildman–Crippen LogP) is 5.12. The molecule has 2 unspecified atom stereocenters. The van der Waals surface area contributed by atoms with Crippen LogP contribution >= 0.6 is 0 Å². The molecule has 33 heavy (non-hydrogen) atoms. The van der Waals surface area contributed by atoms with E-state index in [9.17, 15) is 14.7 Å². The largest absolute Gasteiger partial charge is 0.472 e. The number of benzene rings is 2. The van der Waals surface area contributed by atoms with Crippen LogP contribution in [0.25, 0.3) is 10.9 Å². The number of aromatic amines is 1. The highest BCUT2D eigenvalue weighted by Gasteiger charge is 2.43. The minimum atomic E-state index is -1.38. The summed E-state index contributed by atoms with van der Waals surface area (Å²) < 4.78 is 5.13. The van der Waals surface area contributed by atoms with Crippen LogP contribution in [0.2, 0.25) is 0 Å². The molecule has 2 amide bonds. The van der Waals surface area contributed by atoms with Crippen LogP contribution in [-0.4, -0.2) is 32.5 Å². The molecule has 2 aromatic carbocycles. The lowest BCUT2D eigenvalue weighted by molar-refractivity contribution is -0.132. The van der Waals surface area contributed by atoms with E-state index in [1.807, 2.05) is 67.7 Å². The first-order chi connectivity index (χ1) is 15.9. The number of carbonyl (C=O) groups is 2. The van der Waals surface area contributed by atoms with Crippen molar-refractivity contribution in [1.82, 2.24) is 15.2 Å². The van der Waals surface area contributed by atoms with Crippen molar-refractivity contribution in [3.63, 3.8) is 0 Å². The Morgan fingerprint density at radius 3 is 2.55 bits per heavy atom. The number of rotatable bonds is 8. The summed E-state index contributed by atoms with van der Waals surface area (Å²) in [6.45, 7) is 3.59. The molecule has 2 heterocycles. The van der Waals surface area contributed by atoms with Gasteiger partial charge in [0.2, 0.25) is 5.91 Å². The Morgan fingerprint density at radius 1 is 1.12 bits per heavy atom. The number of fused-ring (bicyclic) bond motifs is 1. The molecule has 0 bridgehead atoms. The van der Waals surface area contributed by atoms with Gasteiger partial charge in [0.25, 0.3) is 0 Å². The second kappa shape index (κ2) is 9.24. The van der Waals surface area contributed by atoms with Gasteiger partial charge in [0.1, 0.15) is 5.54 Å². The number of nitrogens with one attached hydrogen (secondary N) is 2. The van der Waals surface area contributed by atoms with Crippen LogP contribution in [0.1, 0.15) is 36.6 Å². The van der Waals surface area contributed by atoms with Crippen LogP contribution in [0, 0.1) is 0 Å². The van der Waals surface area contributed by atoms with E-state index < -0.39 is 11.6 Å². The minimum Gasteiger partial charge on any atom is -0.472 e. The summed E-state index contributed by atoms with van der Waals surface area (Å²) in [6, 6.07) is 18.8. The van der Waals surface area contributed by atoms with Gasteiger partial charge in [-0.25, -0.2) is 4.79 Å². The van der Waals surface area contributed by atoms with Gasteiger partial charge in [-0.15, -0.1) is 0 Å². The maximum absolute atomic E-state index is 13.7. The topological polar surface area (TPSA) is 98.6 Å². The van der Waals surface area contributed by atoms with Gasteiger partial charge < -0.3 is 19.8 Å². The molecule has 0 aliphatic heterocycles. The summed E-state index contributed by atoms with van der Waals surface area (Å²) in [7, 11) is 0. The van der Waals surface area contributed by atoms with Crippen LogP contribution in [0.3, 0.4) is 0 Å². The van der Waals surface area contributed by atoms with E-state index in [2.05, 4.69) is 10.3 Å². The Balaban J connectivity index is 1.71. The smallest absolute Gasteiger partial charge is 0.408 e. The summed E-state index contributed by atoms with van der Waals surface area (Å²) in [5.74, 6) is -0.366. The summed E-state index contributed by atoms with van der Waals surface area (Å²) in [5.41, 5.74) is 2.04. The van der Waals surface area contributed by atoms with Crippen molar-refractivity contribution in [1.29, 1.82) is 0 Å². The van der Waals surface area contributed by atoms with E-state index in [1.165, 1.54) is 17.4 Å². The fraction of sp³-hybridized carbons (Fsp3) is 0.231. The third-order valence-electron chi connectivity index (χ3n) is 6.09. The Morgan fingerprint density at radius 2 is 1.85 bits per heavy atom. The van der Waals surface area contributed by atoms with E-state index in [4.69, 9.17) is 4.42 Å². The molecular weight excluding hydrogens is 418 g/mol. The number of hydrogen-bond acceptors (Lipinski definition) is 3. The van der Waals surface area contributed by atoms with Crippen molar-refractivity contribution in [2.45, 2.75) is 38.4 Å². The van der Waals surface area contributed by atoms with Crippen molar-refractivity contribution in [2.24, 2.45) is 0 Å². The maximum Gasteiger partial charge on any atom is 0.408 e. The fourth-order valence-electron chi connectivity index (χ4n) is 4.14. The average molecular weight is 446 g/mol. The number of carbonyl (C=O) groups excluding carboxylic acids is 1. The molecule has 3 N–H and O–H groups in total. The van der Waals surface area contributed by atoms with Crippen molar-refractivity contribution >= 4 is 22.9 Å². The van der Waals surface area contributed by atoms with Gasteiger partial charge in [-0.05, 0) is 37.1 Å². The summed E-state index contributed by atoms with van der Waals surface area (Å²) in [5, 5.41) is 14.2. The van der Waals surface area contributed by atoms with Crippen LogP contribution in [-0.2, 0) is 17.8 Å². The van der Waals surface area contributed by atoms with E-state index in [1.54, 1.807) is 13.0 Å². The number of H-pyrrole nitrogens is 1. The van der Waals surface area contributed by atoms with Crippen LogP contribution < -0.4 is 5.32 Å². The Bertz CT molecular complexity index is 1230. The van der Waals surface area contributed by atoms with Gasteiger partial charge in [0.05, 0.1) is 25.1 Å². The molecule has 2 atom stereocenters. The highest BCUT2D eigenvalue weighted by molar-refractivity contribution is 5.91. The molecule has 2 aromatic heterocycles. The van der Waals surface area contributed by atoms with E-state index in [0.717, 1.165) is 22.0 Å². The molecule has 0 saturated heterocycles. The Kier molecular flexibility index (Phi) is 6.22. The summed E-state index contributed by atoms with van der Waals surface area (Å²) in [4.78, 5) is 30.6. The first-order valence-electron chi connectivity index (χ1n) is 10.8. The van der Waals surface area contributed by atoms with Gasteiger partial charge in [-0.2, -0.15) is 0 Å². The molecule has 170 valence electrons. The third kappa shape index (κ3) is 4.62. The van der Waals surface area contributed by atoms with Gasteiger partial charge in [-0.1, -0.05) is 48.5 Å². The second-order valence-corrected chi connectivity index (χ2v) is 8.42. The van der Waals surface area contributed by atoms with Gasteiger partial charge in [0.15, 0.2) is 0 Å². The fourth-order valence-corrected chi connectivity index (χ4v) is 4.14. The maximum atomic E-state index is 13.7. The first kappa shape index (κ1) is 22.2. The molecule has 0 spiro atoms. The quantitative estimate of drug-likeness (QED) is 0.351. The first-order valence-corrected chi connectivity index (χ1v) is 10.8. The molecule has 4 rings (SSSR count). The van der Waals surface area contributed by atoms with Gasteiger partial charge in [0, 0.05) is 29.1 Å². The molecule has 0 aliphatic rings. The lowest BCUT2D eigenvalue weighted by Crippen LogP contribution is -2.59. The van der Waals surface area contributed by atoms with Crippen LogP contribution in [0.4, 0.5) is 4.79 Å². The Hall–Kier alpha value is -4.00. The number of aromatic nitrogens is 1. The number of amides is 2. The zero-order valence-electron chi connectivity index (χ0n) is 18.6. The van der Waals surface area contributed by atoms with Crippen molar-refractivity contribution in [3.05, 3.63) is 96.1 Å². The molecule has 0 aliphatic carbocycles. The summed E-state index contributed by atoms with van der Waals surface area (Å²) in [6.07, 6.45) is 3.85. The lowest BCUT2D eigenvalue weighted by Gasteiger charge is -2.39. The standard InChI is InChI=1S/C26H27N3O4/c1-18(20-8-4-3-5-9-20)28-24(30)26(2,29(25(31)32)16-19-12-13-33-17-19)14-21-15-27-23-11-7-6-10-22(21)23/h3-13,15,17-18,27H,14,16H2,1-2H3,(H,28,30)(H,31,32). The highest BCUT2D eigenvalue weighted by Crippen LogP contribution is 2.29. The zero-order valence-corrected chi connectivity index (χ0v) is 18.6. The van der Waals surface area contributed by atoms with E-state index in [-0.39, 0.29) is 24.9 Å². The number of para-hydroxylation sites is 1. The van der Waals surface area contributed by atoms with E-state index >= 15 is 0 Å². The number of carboxylic acid groups (broad SMARTS) is 1. The monoisotopic (exact) mass is 445 g/mol. The summed E-state index contributed by atoms with van der Waals surface area (Å²) >= 11 is 0. The predicted molar refractivity (Wildman–Crippen MR) is 126 cm³/mol. The van der Waals surface area contributed by atoms with E-state index in [0.29, 0.717) is 5.56 Å². The SMILES string of the molecule is CC(NC(=O)C(C)(Cc1c[nH]c2ccccc12)N(Cc1ccoc1)C(=O)O)c1ccccc1. The molecular formula is C26H27N3O4. The Labute approximate surface area is 192 Å². The molecule has 0 radical (unpaired) electrons. The third-order valence-corrected chi connectivity index (χ3v) is 6.09. The molecule has 0 fully saturated rings. The number of nitrogens with zero attached hydrogens (tertiary/aromatic N) is 1. The molecule has 4 aromatic rings.